The summed E-state index contributed by atoms with van der Waals surface area (Å²) in [6.45, 7) is 0.669. The van der Waals surface area contributed by atoms with Crippen molar-refractivity contribution in [3.63, 3.8) is 0 Å². The van der Waals surface area contributed by atoms with E-state index in [4.69, 9.17) is 0 Å². The third-order valence-electron chi connectivity index (χ3n) is 2.57. The first-order chi connectivity index (χ1) is 6.50. The van der Waals surface area contributed by atoms with Gasteiger partial charge in [-0.05, 0) is 24.1 Å². The Morgan fingerprint density at radius 2 is 2.00 bits per heavy atom. The summed E-state index contributed by atoms with van der Waals surface area (Å²) in [5.74, 6) is 0. The number of likely N-dealkylation sites (N-methyl/N-ethyl adjacent to an activating group) is 1. The van der Waals surface area contributed by atoms with Crippen molar-refractivity contribution in [2.45, 2.75) is 12.6 Å². The Morgan fingerprint density at radius 1 is 1.29 bits per heavy atom. The molecule has 1 aliphatic heterocycles. The van der Waals surface area contributed by atoms with Gasteiger partial charge in [-0.2, -0.15) is 13.2 Å². The molecule has 1 aromatic rings. The largest absolute Gasteiger partial charge is 0.416 e. The molecule has 0 saturated heterocycles. The Kier molecular flexibility index (Phi) is 1.94. The van der Waals surface area contributed by atoms with Crippen LogP contribution < -0.4 is 4.90 Å². The number of benzene rings is 1. The summed E-state index contributed by atoms with van der Waals surface area (Å²) in [6.07, 6.45) is -3.74. The second-order valence-electron chi connectivity index (χ2n) is 3.47. The van der Waals surface area contributed by atoms with Crippen LogP contribution in [-0.2, 0) is 12.6 Å². The predicted octanol–water partition coefficient (Wildman–Crippen LogP) is 2.70. The van der Waals surface area contributed by atoms with E-state index in [2.05, 4.69) is 0 Å². The number of hydrogen-bond acceptors (Lipinski definition) is 1. The smallest absolute Gasteiger partial charge is 0.374 e. The second-order valence-corrected chi connectivity index (χ2v) is 3.47. The van der Waals surface area contributed by atoms with Gasteiger partial charge < -0.3 is 4.90 Å². The van der Waals surface area contributed by atoms with Crippen molar-refractivity contribution < 1.29 is 13.2 Å². The minimum Gasteiger partial charge on any atom is -0.374 e. The van der Waals surface area contributed by atoms with E-state index >= 15 is 0 Å². The van der Waals surface area contributed by atoms with Gasteiger partial charge in [-0.1, -0.05) is 6.07 Å². The number of halogens is 3. The van der Waals surface area contributed by atoms with E-state index in [1.165, 1.54) is 6.07 Å². The topological polar surface area (TPSA) is 3.24 Å². The monoisotopic (exact) mass is 201 g/mol. The van der Waals surface area contributed by atoms with Gasteiger partial charge in [0.1, 0.15) is 0 Å². The molecule has 0 N–H and O–H groups in total. The van der Waals surface area contributed by atoms with Gasteiger partial charge in [0.2, 0.25) is 0 Å². The summed E-state index contributed by atoms with van der Waals surface area (Å²) in [5.41, 5.74) is 0.654. The highest BCUT2D eigenvalue weighted by Gasteiger charge is 2.35. The number of fused-ring (bicyclic) bond motifs is 1. The van der Waals surface area contributed by atoms with Gasteiger partial charge in [-0.15, -0.1) is 0 Å². The lowest BCUT2D eigenvalue weighted by Crippen LogP contribution is -2.12. The molecule has 1 heterocycles. The molecule has 14 heavy (non-hydrogen) atoms. The van der Waals surface area contributed by atoms with Crippen LogP contribution in [0.5, 0.6) is 0 Å². The lowest BCUT2D eigenvalue weighted by atomic mass is 10.0. The lowest BCUT2D eigenvalue weighted by molar-refractivity contribution is -0.138. The maximum atomic E-state index is 12.6. The Labute approximate surface area is 80.1 Å². The fraction of sp³-hybridized carbons (Fsp3) is 0.400. The van der Waals surface area contributed by atoms with Crippen molar-refractivity contribution in [1.29, 1.82) is 0 Å². The Morgan fingerprint density at radius 3 is 2.64 bits per heavy atom. The fourth-order valence-corrected chi connectivity index (χ4v) is 1.86. The van der Waals surface area contributed by atoms with E-state index in [0.29, 0.717) is 24.2 Å². The lowest BCUT2D eigenvalue weighted by Gasteiger charge is -2.14. The van der Waals surface area contributed by atoms with Crippen molar-refractivity contribution in [2.24, 2.45) is 0 Å². The van der Waals surface area contributed by atoms with Gasteiger partial charge in [0.25, 0.3) is 0 Å². The highest BCUT2D eigenvalue weighted by molar-refractivity contribution is 5.60. The molecule has 2 rings (SSSR count). The van der Waals surface area contributed by atoms with E-state index in [-0.39, 0.29) is 0 Å². The molecule has 1 aromatic carbocycles. The van der Waals surface area contributed by atoms with Crippen molar-refractivity contribution in [1.82, 2.24) is 0 Å². The van der Waals surface area contributed by atoms with Crippen LogP contribution in [0.3, 0.4) is 0 Å². The van der Waals surface area contributed by atoms with Crippen LogP contribution in [0, 0.1) is 0 Å². The van der Waals surface area contributed by atoms with Crippen molar-refractivity contribution in [3.05, 3.63) is 29.3 Å². The van der Waals surface area contributed by atoms with Gasteiger partial charge >= 0.3 is 6.18 Å². The maximum Gasteiger partial charge on any atom is 0.416 e. The van der Waals surface area contributed by atoms with Gasteiger partial charge in [-0.25, -0.2) is 0 Å². The standard InChI is InChI=1S/C10H10F3N/c1-14-6-5-7-8(10(11,12)13)3-2-4-9(7)14/h2-4H,5-6H2,1H3. The average Bonchev–Trinajstić information content (AvgIpc) is 2.46. The molecule has 0 amide bonds. The molecule has 0 spiro atoms. The summed E-state index contributed by atoms with van der Waals surface area (Å²) in [4.78, 5) is 1.85. The van der Waals surface area contributed by atoms with Crippen LogP contribution in [-0.4, -0.2) is 13.6 Å². The molecule has 0 radical (unpaired) electrons. The summed E-state index contributed by atoms with van der Waals surface area (Å²) < 4.78 is 37.7. The first-order valence-electron chi connectivity index (χ1n) is 4.40. The molecule has 0 atom stereocenters. The first kappa shape index (κ1) is 9.37. The van der Waals surface area contributed by atoms with Crippen molar-refractivity contribution in [2.75, 3.05) is 18.5 Å². The molecule has 76 valence electrons. The number of hydrogen-bond donors (Lipinski definition) is 0. The number of anilines is 1. The highest BCUT2D eigenvalue weighted by Crippen LogP contribution is 2.38. The number of nitrogens with zero attached hydrogens (tertiary/aromatic N) is 1. The fourth-order valence-electron chi connectivity index (χ4n) is 1.86. The molecular formula is C10H10F3N. The van der Waals surface area contributed by atoms with Gasteiger partial charge in [0.15, 0.2) is 0 Å². The van der Waals surface area contributed by atoms with Crippen LogP contribution in [0.25, 0.3) is 0 Å². The molecule has 4 heteroatoms. The summed E-state index contributed by atoms with van der Waals surface area (Å²) in [7, 11) is 1.81. The molecule has 0 unspecified atom stereocenters. The maximum absolute atomic E-state index is 12.6. The van der Waals surface area contributed by atoms with Crippen LogP contribution >= 0.6 is 0 Å². The molecule has 0 saturated carbocycles. The third kappa shape index (κ3) is 1.35. The third-order valence-corrected chi connectivity index (χ3v) is 2.57. The summed E-state index contributed by atoms with van der Waals surface area (Å²) in [5, 5.41) is 0. The zero-order valence-corrected chi connectivity index (χ0v) is 7.73. The van der Waals surface area contributed by atoms with E-state index in [0.717, 1.165) is 6.07 Å². The van der Waals surface area contributed by atoms with Gasteiger partial charge in [0.05, 0.1) is 5.56 Å². The summed E-state index contributed by atoms with van der Waals surface area (Å²) in [6, 6.07) is 4.35. The predicted molar refractivity (Wildman–Crippen MR) is 48.4 cm³/mol. The molecule has 0 aliphatic carbocycles. The Balaban J connectivity index is 2.55. The quantitative estimate of drug-likeness (QED) is 0.623. The number of alkyl halides is 3. The van der Waals surface area contributed by atoms with E-state index in [9.17, 15) is 13.2 Å². The average molecular weight is 201 g/mol. The van der Waals surface area contributed by atoms with Crippen molar-refractivity contribution in [3.8, 4) is 0 Å². The van der Waals surface area contributed by atoms with Crippen LogP contribution in [0.2, 0.25) is 0 Å². The van der Waals surface area contributed by atoms with E-state index in [1.54, 1.807) is 6.07 Å². The normalized spacial score (nSPS) is 15.9. The first-order valence-corrected chi connectivity index (χ1v) is 4.40. The minimum absolute atomic E-state index is 0.433. The Hall–Kier alpha value is -1.19. The Bertz CT molecular complexity index is 357. The van der Waals surface area contributed by atoms with Crippen LogP contribution in [0.15, 0.2) is 18.2 Å². The molecule has 0 bridgehead atoms. The van der Waals surface area contributed by atoms with Crippen molar-refractivity contribution >= 4 is 5.69 Å². The van der Waals surface area contributed by atoms with Gasteiger partial charge in [0, 0.05) is 19.3 Å². The zero-order valence-electron chi connectivity index (χ0n) is 7.73. The molecule has 1 nitrogen and oxygen atoms in total. The van der Waals surface area contributed by atoms with E-state index in [1.807, 2.05) is 11.9 Å². The zero-order chi connectivity index (χ0) is 10.3. The van der Waals surface area contributed by atoms with Crippen LogP contribution in [0.1, 0.15) is 11.1 Å². The van der Waals surface area contributed by atoms with Crippen LogP contribution in [0.4, 0.5) is 18.9 Å². The second kappa shape index (κ2) is 2.90. The molecule has 1 aliphatic rings. The summed E-state index contributed by atoms with van der Waals surface area (Å²) >= 11 is 0. The van der Waals surface area contributed by atoms with Gasteiger partial charge in [-0.3, -0.25) is 0 Å². The number of rotatable bonds is 0. The SMILES string of the molecule is CN1CCc2c1cccc2C(F)(F)F. The molecular weight excluding hydrogens is 191 g/mol. The minimum atomic E-state index is -4.23. The molecule has 0 fully saturated rings. The highest BCUT2D eigenvalue weighted by atomic mass is 19.4. The molecule has 0 aromatic heterocycles. The van der Waals surface area contributed by atoms with E-state index < -0.39 is 11.7 Å².